The summed E-state index contributed by atoms with van der Waals surface area (Å²) in [6.07, 6.45) is 1.31. The van der Waals surface area contributed by atoms with Crippen LogP contribution in [0.3, 0.4) is 0 Å². The summed E-state index contributed by atoms with van der Waals surface area (Å²) in [6, 6.07) is 13.8. The molecule has 1 aromatic heterocycles. The number of aromatic nitrogens is 1. The molecule has 2 heterocycles. The average molecular weight is 350 g/mol. The molecule has 7 heteroatoms. The number of nitriles is 1. The lowest BCUT2D eigenvalue weighted by Gasteiger charge is -2.32. The van der Waals surface area contributed by atoms with Gasteiger partial charge in [0, 0.05) is 24.7 Å². The van der Waals surface area contributed by atoms with E-state index in [0.717, 1.165) is 0 Å². The maximum atomic E-state index is 12.4. The Bertz CT molecular complexity index is 867. The monoisotopic (exact) mass is 350 g/mol. The molecule has 0 unspecified atom stereocenters. The quantitative estimate of drug-likeness (QED) is 0.877. The van der Waals surface area contributed by atoms with Gasteiger partial charge in [-0.3, -0.25) is 4.79 Å². The predicted molar refractivity (Wildman–Crippen MR) is 95.9 cm³/mol. The first-order chi connectivity index (χ1) is 12.6. The van der Waals surface area contributed by atoms with Gasteiger partial charge in [0.05, 0.1) is 11.6 Å². The summed E-state index contributed by atoms with van der Waals surface area (Å²) in [5.74, 6) is -0.627. The summed E-state index contributed by atoms with van der Waals surface area (Å²) in [5, 5.41) is 20.8. The van der Waals surface area contributed by atoms with Crippen LogP contribution >= 0.6 is 0 Å². The molecule has 1 aliphatic heterocycles. The van der Waals surface area contributed by atoms with Crippen molar-refractivity contribution < 1.29 is 14.7 Å². The van der Waals surface area contributed by atoms with Gasteiger partial charge in [-0.2, -0.15) is 5.26 Å². The third-order valence-electron chi connectivity index (χ3n) is 4.40. The highest BCUT2D eigenvalue weighted by molar-refractivity contribution is 5.92. The van der Waals surface area contributed by atoms with E-state index in [1.165, 1.54) is 6.07 Å². The fourth-order valence-electron chi connectivity index (χ4n) is 3.00. The zero-order valence-corrected chi connectivity index (χ0v) is 14.1. The number of nitrogens with one attached hydrogen (secondary N) is 1. The van der Waals surface area contributed by atoms with Gasteiger partial charge < -0.3 is 15.3 Å². The molecular weight excluding hydrogens is 332 g/mol. The smallest absolute Gasteiger partial charge is 0.354 e. The van der Waals surface area contributed by atoms with E-state index in [1.54, 1.807) is 36.4 Å². The van der Waals surface area contributed by atoms with Crippen LogP contribution in [0.4, 0.5) is 11.5 Å². The Balaban J connectivity index is 1.59. The number of carboxylic acid groups (broad SMARTS) is 1. The number of amides is 1. The minimum absolute atomic E-state index is 0.0136. The number of anilines is 2. The minimum atomic E-state index is -1.05. The Kier molecular flexibility index (Phi) is 5.13. The van der Waals surface area contributed by atoms with Crippen molar-refractivity contribution in [2.24, 2.45) is 5.92 Å². The lowest BCUT2D eigenvalue weighted by atomic mass is 9.95. The SMILES string of the molecule is N#Cc1cccc(NC(=O)C2CCN(c3cccc(C(=O)O)n3)CC2)c1. The highest BCUT2D eigenvalue weighted by Gasteiger charge is 2.26. The average Bonchev–Trinajstić information content (AvgIpc) is 2.68. The fourth-order valence-corrected chi connectivity index (χ4v) is 3.00. The molecule has 0 spiro atoms. The van der Waals surface area contributed by atoms with Gasteiger partial charge in [-0.1, -0.05) is 12.1 Å². The molecule has 132 valence electrons. The van der Waals surface area contributed by atoms with Crippen LogP contribution in [0.2, 0.25) is 0 Å². The van der Waals surface area contributed by atoms with Gasteiger partial charge in [-0.25, -0.2) is 9.78 Å². The van der Waals surface area contributed by atoms with Gasteiger partial charge in [0.2, 0.25) is 5.91 Å². The molecule has 1 fully saturated rings. The van der Waals surface area contributed by atoms with E-state index < -0.39 is 5.97 Å². The Morgan fingerprint density at radius 2 is 1.92 bits per heavy atom. The maximum Gasteiger partial charge on any atom is 0.354 e. The zero-order chi connectivity index (χ0) is 18.5. The largest absolute Gasteiger partial charge is 0.477 e. The van der Waals surface area contributed by atoms with Gasteiger partial charge in [0.15, 0.2) is 5.69 Å². The summed E-state index contributed by atoms with van der Waals surface area (Å²) in [4.78, 5) is 29.6. The van der Waals surface area contributed by atoms with Crippen molar-refractivity contribution in [2.45, 2.75) is 12.8 Å². The van der Waals surface area contributed by atoms with Crippen LogP contribution < -0.4 is 10.2 Å². The van der Waals surface area contributed by atoms with Crippen molar-refractivity contribution >= 4 is 23.4 Å². The number of carboxylic acids is 1. The number of carbonyl (C=O) groups excluding carboxylic acids is 1. The molecule has 0 saturated carbocycles. The molecule has 7 nitrogen and oxygen atoms in total. The number of hydrogen-bond donors (Lipinski definition) is 2. The molecule has 1 amide bonds. The molecule has 0 aliphatic carbocycles. The van der Waals surface area contributed by atoms with E-state index in [4.69, 9.17) is 10.4 Å². The molecule has 1 aliphatic rings. The third kappa shape index (κ3) is 3.98. The molecule has 3 rings (SSSR count). The number of benzene rings is 1. The number of rotatable bonds is 4. The van der Waals surface area contributed by atoms with Crippen LogP contribution in [-0.2, 0) is 4.79 Å². The van der Waals surface area contributed by atoms with Crippen molar-refractivity contribution in [3.05, 3.63) is 53.7 Å². The van der Waals surface area contributed by atoms with Gasteiger partial charge >= 0.3 is 5.97 Å². The first-order valence-electron chi connectivity index (χ1n) is 8.33. The topological polar surface area (TPSA) is 106 Å². The third-order valence-corrected chi connectivity index (χ3v) is 4.40. The number of pyridine rings is 1. The number of hydrogen-bond acceptors (Lipinski definition) is 5. The highest BCUT2D eigenvalue weighted by atomic mass is 16.4. The molecule has 2 aromatic rings. The fraction of sp³-hybridized carbons (Fsp3) is 0.263. The summed E-state index contributed by atoms with van der Waals surface area (Å²) in [6.45, 7) is 1.26. The van der Waals surface area contributed by atoms with Crippen LogP contribution in [0.15, 0.2) is 42.5 Å². The lowest BCUT2D eigenvalue weighted by molar-refractivity contribution is -0.120. The molecule has 0 radical (unpaired) electrons. The van der Waals surface area contributed by atoms with Crippen LogP contribution in [0, 0.1) is 17.2 Å². The maximum absolute atomic E-state index is 12.4. The highest BCUT2D eigenvalue weighted by Crippen LogP contribution is 2.23. The standard InChI is InChI=1S/C19H18N4O3/c20-12-13-3-1-4-15(11-13)21-18(24)14-7-9-23(10-8-14)17-6-2-5-16(22-17)19(25)26/h1-6,11,14H,7-10H2,(H,21,24)(H,25,26). The normalized spacial score (nSPS) is 14.5. The van der Waals surface area contributed by atoms with E-state index in [-0.39, 0.29) is 17.5 Å². The van der Waals surface area contributed by atoms with Gasteiger partial charge in [-0.05, 0) is 43.2 Å². The summed E-state index contributed by atoms with van der Waals surface area (Å²) in [7, 11) is 0. The summed E-state index contributed by atoms with van der Waals surface area (Å²) in [5.41, 5.74) is 1.13. The molecule has 2 N–H and O–H groups in total. The van der Waals surface area contributed by atoms with Crippen molar-refractivity contribution in [2.75, 3.05) is 23.3 Å². The van der Waals surface area contributed by atoms with E-state index in [9.17, 15) is 9.59 Å². The van der Waals surface area contributed by atoms with Crippen molar-refractivity contribution in [3.63, 3.8) is 0 Å². The van der Waals surface area contributed by atoms with Crippen LogP contribution in [-0.4, -0.2) is 35.1 Å². The molecule has 0 atom stereocenters. The Hall–Kier alpha value is -3.40. The Labute approximate surface area is 150 Å². The summed E-state index contributed by atoms with van der Waals surface area (Å²) >= 11 is 0. The van der Waals surface area contributed by atoms with E-state index in [1.807, 2.05) is 11.0 Å². The van der Waals surface area contributed by atoms with Crippen molar-refractivity contribution in [1.29, 1.82) is 5.26 Å². The predicted octanol–water partition coefficient (Wildman–Crippen LogP) is 2.51. The van der Waals surface area contributed by atoms with Crippen molar-refractivity contribution in [3.8, 4) is 6.07 Å². The second-order valence-corrected chi connectivity index (χ2v) is 6.13. The van der Waals surface area contributed by atoms with Crippen molar-refractivity contribution in [1.82, 2.24) is 4.98 Å². The van der Waals surface area contributed by atoms with Crippen LogP contribution in [0.5, 0.6) is 0 Å². The molecule has 26 heavy (non-hydrogen) atoms. The second kappa shape index (κ2) is 7.66. The Morgan fingerprint density at radius 1 is 1.19 bits per heavy atom. The van der Waals surface area contributed by atoms with Gasteiger partial charge in [-0.15, -0.1) is 0 Å². The number of piperidine rings is 1. The second-order valence-electron chi connectivity index (χ2n) is 6.13. The molecular formula is C19H18N4O3. The number of aromatic carboxylic acids is 1. The van der Waals surface area contributed by atoms with E-state index >= 15 is 0 Å². The number of nitrogens with zero attached hydrogens (tertiary/aromatic N) is 3. The van der Waals surface area contributed by atoms with Gasteiger partial charge in [0.25, 0.3) is 0 Å². The lowest BCUT2D eigenvalue weighted by Crippen LogP contribution is -2.38. The van der Waals surface area contributed by atoms with E-state index in [2.05, 4.69) is 10.3 Å². The first-order valence-corrected chi connectivity index (χ1v) is 8.33. The zero-order valence-electron chi connectivity index (χ0n) is 14.1. The minimum Gasteiger partial charge on any atom is -0.477 e. The van der Waals surface area contributed by atoms with Crippen LogP contribution in [0.25, 0.3) is 0 Å². The Morgan fingerprint density at radius 3 is 2.62 bits per heavy atom. The molecule has 0 bridgehead atoms. The van der Waals surface area contributed by atoms with Crippen LogP contribution in [0.1, 0.15) is 28.9 Å². The number of carbonyl (C=O) groups is 2. The molecule has 1 aromatic carbocycles. The first kappa shape index (κ1) is 17.4. The van der Waals surface area contributed by atoms with E-state index in [0.29, 0.717) is 43.0 Å². The van der Waals surface area contributed by atoms with Gasteiger partial charge in [0.1, 0.15) is 5.82 Å². The molecule has 1 saturated heterocycles. The summed E-state index contributed by atoms with van der Waals surface area (Å²) < 4.78 is 0.